The standard InChI is InChI=1S/C18H22O3S/c1-5-18(6-2,13-7-8-14(19)11(3)9-13)15-10-12(4)16(22-15)17(20)21/h7-10,19H,5-6H2,1-4H3,(H,20,21). The highest BCUT2D eigenvalue weighted by molar-refractivity contribution is 7.14. The molecule has 0 aliphatic carbocycles. The van der Waals surface area contributed by atoms with Crippen LogP contribution in [0.25, 0.3) is 0 Å². The Morgan fingerprint density at radius 3 is 2.23 bits per heavy atom. The first-order chi connectivity index (χ1) is 10.4. The number of rotatable bonds is 5. The Balaban J connectivity index is 2.64. The number of hydrogen-bond donors (Lipinski definition) is 2. The van der Waals surface area contributed by atoms with Gasteiger partial charge in [-0.2, -0.15) is 0 Å². The molecule has 0 amide bonds. The summed E-state index contributed by atoms with van der Waals surface area (Å²) in [6, 6.07) is 7.69. The van der Waals surface area contributed by atoms with Crippen LogP contribution in [-0.2, 0) is 5.41 Å². The Kier molecular flexibility index (Phi) is 4.61. The molecule has 22 heavy (non-hydrogen) atoms. The lowest BCUT2D eigenvalue weighted by molar-refractivity contribution is 0.0701. The lowest BCUT2D eigenvalue weighted by atomic mass is 9.74. The van der Waals surface area contributed by atoms with Gasteiger partial charge in [0, 0.05) is 10.3 Å². The second kappa shape index (κ2) is 6.13. The van der Waals surface area contributed by atoms with E-state index in [4.69, 9.17) is 0 Å². The van der Waals surface area contributed by atoms with E-state index in [1.54, 1.807) is 6.07 Å². The van der Waals surface area contributed by atoms with Crippen molar-refractivity contribution in [3.63, 3.8) is 0 Å². The Bertz CT molecular complexity index is 696. The quantitative estimate of drug-likeness (QED) is 0.826. The molecule has 0 atom stereocenters. The number of carboxylic acids is 1. The van der Waals surface area contributed by atoms with E-state index >= 15 is 0 Å². The van der Waals surface area contributed by atoms with Gasteiger partial charge in [0.15, 0.2) is 0 Å². The Morgan fingerprint density at radius 2 is 1.77 bits per heavy atom. The van der Waals surface area contributed by atoms with Gasteiger partial charge in [-0.3, -0.25) is 0 Å². The lowest BCUT2D eigenvalue weighted by Crippen LogP contribution is -2.25. The number of phenols is 1. The third-order valence-electron chi connectivity index (χ3n) is 4.54. The summed E-state index contributed by atoms with van der Waals surface area (Å²) in [5, 5.41) is 19.1. The lowest BCUT2D eigenvalue weighted by Gasteiger charge is -2.32. The van der Waals surface area contributed by atoms with Crippen molar-refractivity contribution < 1.29 is 15.0 Å². The molecule has 0 bridgehead atoms. The third-order valence-corrected chi connectivity index (χ3v) is 5.97. The fourth-order valence-electron chi connectivity index (χ4n) is 3.03. The molecule has 1 aromatic carbocycles. The average molecular weight is 318 g/mol. The van der Waals surface area contributed by atoms with Crippen LogP contribution in [0.2, 0.25) is 0 Å². The first-order valence-electron chi connectivity index (χ1n) is 7.50. The Labute approximate surface area is 135 Å². The largest absolute Gasteiger partial charge is 0.508 e. The van der Waals surface area contributed by atoms with Gasteiger partial charge in [-0.25, -0.2) is 4.79 Å². The van der Waals surface area contributed by atoms with Gasteiger partial charge in [0.25, 0.3) is 0 Å². The number of hydrogen-bond acceptors (Lipinski definition) is 3. The van der Waals surface area contributed by atoms with Gasteiger partial charge in [-0.1, -0.05) is 26.0 Å². The summed E-state index contributed by atoms with van der Waals surface area (Å²) in [5.74, 6) is -0.574. The summed E-state index contributed by atoms with van der Waals surface area (Å²) in [6.45, 7) is 7.99. The van der Waals surface area contributed by atoms with Gasteiger partial charge >= 0.3 is 5.97 Å². The maximum Gasteiger partial charge on any atom is 0.346 e. The van der Waals surface area contributed by atoms with Crippen molar-refractivity contribution in [3.8, 4) is 5.75 Å². The highest BCUT2D eigenvalue weighted by Crippen LogP contribution is 2.44. The van der Waals surface area contributed by atoms with Crippen LogP contribution < -0.4 is 0 Å². The van der Waals surface area contributed by atoms with E-state index in [1.165, 1.54) is 11.3 Å². The molecular weight excluding hydrogens is 296 g/mol. The van der Waals surface area contributed by atoms with Crippen molar-refractivity contribution >= 4 is 17.3 Å². The van der Waals surface area contributed by atoms with Crippen molar-refractivity contribution in [1.29, 1.82) is 0 Å². The molecule has 118 valence electrons. The van der Waals surface area contributed by atoms with Crippen LogP contribution >= 0.6 is 11.3 Å². The van der Waals surface area contributed by atoms with Crippen LogP contribution in [-0.4, -0.2) is 16.2 Å². The average Bonchev–Trinajstić information content (AvgIpc) is 2.87. The molecule has 0 radical (unpaired) electrons. The first kappa shape index (κ1) is 16.6. The van der Waals surface area contributed by atoms with E-state index in [0.29, 0.717) is 10.6 Å². The highest BCUT2D eigenvalue weighted by atomic mass is 32.1. The van der Waals surface area contributed by atoms with Crippen LogP contribution in [0.3, 0.4) is 0 Å². The minimum atomic E-state index is -0.864. The number of aromatic carboxylic acids is 1. The summed E-state index contributed by atoms with van der Waals surface area (Å²) >= 11 is 1.37. The number of phenolic OH excluding ortho intramolecular Hbond substituents is 1. The molecule has 0 aliphatic heterocycles. The van der Waals surface area contributed by atoms with E-state index < -0.39 is 5.97 Å². The molecule has 2 N–H and O–H groups in total. The molecule has 1 heterocycles. The van der Waals surface area contributed by atoms with Crippen molar-refractivity contribution in [2.45, 2.75) is 46.0 Å². The fraction of sp³-hybridized carbons (Fsp3) is 0.389. The molecule has 0 aliphatic rings. The topological polar surface area (TPSA) is 57.5 Å². The normalized spacial score (nSPS) is 11.6. The van der Waals surface area contributed by atoms with Gasteiger partial charge in [-0.05, 0) is 55.5 Å². The van der Waals surface area contributed by atoms with Crippen LogP contribution in [0.15, 0.2) is 24.3 Å². The van der Waals surface area contributed by atoms with E-state index in [1.807, 2.05) is 32.0 Å². The molecular formula is C18H22O3S. The summed E-state index contributed by atoms with van der Waals surface area (Å²) in [5.41, 5.74) is 2.58. The Morgan fingerprint density at radius 1 is 1.14 bits per heavy atom. The van der Waals surface area contributed by atoms with Crippen LogP contribution in [0.1, 0.15) is 57.9 Å². The van der Waals surface area contributed by atoms with Crippen molar-refractivity contribution in [2.75, 3.05) is 0 Å². The van der Waals surface area contributed by atoms with Crippen LogP contribution in [0.5, 0.6) is 5.75 Å². The van der Waals surface area contributed by atoms with Crippen molar-refractivity contribution in [3.05, 3.63) is 50.7 Å². The molecule has 2 rings (SSSR count). The fourth-order valence-corrected chi connectivity index (χ4v) is 4.40. The molecule has 0 spiro atoms. The molecule has 0 saturated carbocycles. The van der Waals surface area contributed by atoms with E-state index in [-0.39, 0.29) is 5.41 Å². The molecule has 2 aromatic rings. The predicted octanol–water partition coefficient (Wildman–Crippen LogP) is 4.87. The first-order valence-corrected chi connectivity index (χ1v) is 8.31. The molecule has 3 nitrogen and oxygen atoms in total. The SMILES string of the molecule is CCC(CC)(c1ccc(O)c(C)c1)c1cc(C)c(C(=O)O)s1. The second-order valence-corrected chi connectivity index (χ2v) is 6.77. The highest BCUT2D eigenvalue weighted by Gasteiger charge is 2.34. The maximum absolute atomic E-state index is 11.4. The number of thiophene rings is 1. The predicted molar refractivity (Wildman–Crippen MR) is 90.2 cm³/mol. The molecule has 4 heteroatoms. The zero-order valence-electron chi connectivity index (χ0n) is 13.4. The number of aromatic hydroxyl groups is 1. The maximum atomic E-state index is 11.4. The van der Waals surface area contributed by atoms with Crippen LogP contribution in [0.4, 0.5) is 0 Å². The monoisotopic (exact) mass is 318 g/mol. The smallest absolute Gasteiger partial charge is 0.346 e. The third kappa shape index (κ3) is 2.63. The minimum Gasteiger partial charge on any atom is -0.508 e. The summed E-state index contributed by atoms with van der Waals surface area (Å²) in [4.78, 5) is 12.8. The number of aryl methyl sites for hydroxylation is 2. The second-order valence-electron chi connectivity index (χ2n) is 5.72. The van der Waals surface area contributed by atoms with Gasteiger partial charge in [0.1, 0.15) is 10.6 Å². The molecule has 0 fully saturated rings. The summed E-state index contributed by atoms with van der Waals surface area (Å²) < 4.78 is 0. The van der Waals surface area contributed by atoms with E-state index in [2.05, 4.69) is 13.8 Å². The number of benzene rings is 1. The summed E-state index contributed by atoms with van der Waals surface area (Å²) in [7, 11) is 0. The summed E-state index contributed by atoms with van der Waals surface area (Å²) in [6.07, 6.45) is 1.76. The van der Waals surface area contributed by atoms with Gasteiger partial charge in [0.05, 0.1) is 0 Å². The minimum absolute atomic E-state index is 0.207. The molecule has 0 unspecified atom stereocenters. The molecule has 0 saturated heterocycles. The van der Waals surface area contributed by atoms with Crippen molar-refractivity contribution in [2.24, 2.45) is 0 Å². The Hall–Kier alpha value is -1.81. The van der Waals surface area contributed by atoms with E-state index in [0.717, 1.165) is 34.4 Å². The van der Waals surface area contributed by atoms with Gasteiger partial charge < -0.3 is 10.2 Å². The zero-order valence-corrected chi connectivity index (χ0v) is 14.3. The van der Waals surface area contributed by atoms with Crippen molar-refractivity contribution in [1.82, 2.24) is 0 Å². The number of carbonyl (C=O) groups is 1. The zero-order chi connectivity index (χ0) is 16.5. The van der Waals surface area contributed by atoms with E-state index in [9.17, 15) is 15.0 Å². The van der Waals surface area contributed by atoms with Gasteiger partial charge in [0.2, 0.25) is 0 Å². The van der Waals surface area contributed by atoms with Crippen LogP contribution in [0, 0.1) is 13.8 Å². The number of carboxylic acid groups (broad SMARTS) is 1. The molecule has 1 aromatic heterocycles. The van der Waals surface area contributed by atoms with Gasteiger partial charge in [-0.15, -0.1) is 11.3 Å².